The number of hydrogen-bond acceptors (Lipinski definition) is 0. The molecule has 0 spiro atoms. The summed E-state index contributed by atoms with van der Waals surface area (Å²) in [7, 11) is 0. The maximum absolute atomic E-state index is 4.53. The monoisotopic (exact) mass is 166 g/mol. The lowest BCUT2D eigenvalue weighted by Crippen LogP contribution is -2.30. The summed E-state index contributed by atoms with van der Waals surface area (Å²) in [5, 5.41) is 4.53. The average molecular weight is 166 g/mol. The van der Waals surface area contributed by atoms with E-state index in [1.165, 1.54) is 51.5 Å². The van der Waals surface area contributed by atoms with Crippen LogP contribution in [0, 0.1) is 11.8 Å². The molecule has 0 aromatic carbocycles. The van der Waals surface area contributed by atoms with Crippen LogP contribution >= 0.6 is 0 Å². The van der Waals surface area contributed by atoms with E-state index in [2.05, 4.69) is 5.32 Å². The van der Waals surface area contributed by atoms with E-state index >= 15 is 0 Å². The molecule has 1 aliphatic carbocycles. The van der Waals surface area contributed by atoms with E-state index in [0.29, 0.717) is 0 Å². The van der Waals surface area contributed by atoms with Crippen molar-refractivity contribution in [3.8, 4) is 0 Å². The Hall–Kier alpha value is -0.0400. The zero-order valence-corrected chi connectivity index (χ0v) is 7.97. The van der Waals surface area contributed by atoms with Crippen LogP contribution in [0.15, 0.2) is 0 Å². The molecule has 0 bridgehead atoms. The molecule has 0 aromatic heterocycles. The van der Waals surface area contributed by atoms with Crippen molar-refractivity contribution in [3.63, 3.8) is 0 Å². The van der Waals surface area contributed by atoms with Gasteiger partial charge in [0.15, 0.2) is 0 Å². The van der Waals surface area contributed by atoms with Crippen LogP contribution < -0.4 is 5.32 Å². The molecule has 1 nitrogen and oxygen atoms in total. The standard InChI is InChI=1S/C11H20N/c1-2-5-10(6-3-1)11-7-4-8-12-9-11/h10-11H,1-9H2. The van der Waals surface area contributed by atoms with Gasteiger partial charge >= 0.3 is 0 Å². The Bertz CT molecular complexity index is 105. The van der Waals surface area contributed by atoms with Gasteiger partial charge in [0.25, 0.3) is 0 Å². The minimum Gasteiger partial charge on any atom is -0.241 e. The van der Waals surface area contributed by atoms with Crippen LogP contribution in [0.3, 0.4) is 0 Å². The third-order valence-corrected chi connectivity index (χ3v) is 3.57. The van der Waals surface area contributed by atoms with Gasteiger partial charge in [0.1, 0.15) is 0 Å². The van der Waals surface area contributed by atoms with Gasteiger partial charge in [-0.1, -0.05) is 32.1 Å². The summed E-state index contributed by atoms with van der Waals surface area (Å²) in [6.07, 6.45) is 10.3. The van der Waals surface area contributed by atoms with Crippen molar-refractivity contribution in [1.82, 2.24) is 5.32 Å². The first kappa shape index (κ1) is 8.55. The van der Waals surface area contributed by atoms with Crippen LogP contribution in [0.4, 0.5) is 0 Å². The Morgan fingerprint density at radius 3 is 2.17 bits per heavy atom. The maximum Gasteiger partial charge on any atom is 0.0164 e. The third-order valence-electron chi connectivity index (χ3n) is 3.57. The molecule has 1 saturated heterocycles. The van der Waals surface area contributed by atoms with Crippen molar-refractivity contribution in [3.05, 3.63) is 0 Å². The summed E-state index contributed by atoms with van der Waals surface area (Å²) in [5.41, 5.74) is 0. The fraction of sp³-hybridized carbons (Fsp3) is 1.00. The summed E-state index contributed by atoms with van der Waals surface area (Å²) in [6.45, 7) is 2.33. The number of hydrogen-bond donors (Lipinski definition) is 0. The second-order valence-electron chi connectivity index (χ2n) is 4.43. The van der Waals surface area contributed by atoms with Crippen molar-refractivity contribution < 1.29 is 0 Å². The van der Waals surface area contributed by atoms with Crippen LogP contribution in [0.1, 0.15) is 44.9 Å². The fourth-order valence-electron chi connectivity index (χ4n) is 2.80. The zero-order valence-electron chi connectivity index (χ0n) is 7.97. The molecule has 1 heteroatoms. The first-order valence-corrected chi connectivity index (χ1v) is 5.60. The summed E-state index contributed by atoms with van der Waals surface area (Å²) in [6, 6.07) is 0. The molecule has 12 heavy (non-hydrogen) atoms. The molecular weight excluding hydrogens is 146 g/mol. The van der Waals surface area contributed by atoms with Crippen LogP contribution in [-0.2, 0) is 0 Å². The summed E-state index contributed by atoms with van der Waals surface area (Å²) >= 11 is 0. The lowest BCUT2D eigenvalue weighted by Gasteiger charge is -2.32. The molecule has 2 fully saturated rings. The molecule has 1 heterocycles. The lowest BCUT2D eigenvalue weighted by molar-refractivity contribution is 0.206. The van der Waals surface area contributed by atoms with Crippen LogP contribution in [0.2, 0.25) is 0 Å². The largest absolute Gasteiger partial charge is 0.241 e. The second kappa shape index (κ2) is 4.27. The van der Waals surface area contributed by atoms with Gasteiger partial charge in [0.05, 0.1) is 0 Å². The predicted octanol–water partition coefficient (Wildman–Crippen LogP) is 2.58. The Morgan fingerprint density at radius 2 is 1.50 bits per heavy atom. The van der Waals surface area contributed by atoms with E-state index in [1.807, 2.05) is 0 Å². The van der Waals surface area contributed by atoms with Crippen molar-refractivity contribution >= 4 is 0 Å². The van der Waals surface area contributed by atoms with Gasteiger partial charge in [-0.05, 0) is 24.7 Å². The molecule has 1 radical (unpaired) electrons. The van der Waals surface area contributed by atoms with Gasteiger partial charge in [0.2, 0.25) is 0 Å². The van der Waals surface area contributed by atoms with E-state index in [4.69, 9.17) is 0 Å². The Labute approximate surface area is 75.9 Å². The molecule has 1 saturated carbocycles. The van der Waals surface area contributed by atoms with E-state index < -0.39 is 0 Å². The number of piperidine rings is 1. The van der Waals surface area contributed by atoms with Crippen molar-refractivity contribution in [2.75, 3.05) is 13.1 Å². The van der Waals surface area contributed by atoms with Crippen LogP contribution in [-0.4, -0.2) is 13.1 Å². The van der Waals surface area contributed by atoms with Crippen molar-refractivity contribution in [2.24, 2.45) is 11.8 Å². The Kier molecular flexibility index (Phi) is 3.04. The Morgan fingerprint density at radius 1 is 0.750 bits per heavy atom. The van der Waals surface area contributed by atoms with Gasteiger partial charge in [-0.15, -0.1) is 0 Å². The van der Waals surface area contributed by atoms with Crippen molar-refractivity contribution in [2.45, 2.75) is 44.9 Å². The van der Waals surface area contributed by atoms with Gasteiger partial charge in [0, 0.05) is 13.1 Å². The molecule has 2 rings (SSSR count). The quantitative estimate of drug-likeness (QED) is 0.568. The van der Waals surface area contributed by atoms with Crippen LogP contribution in [0.5, 0.6) is 0 Å². The average Bonchev–Trinajstić information content (AvgIpc) is 2.21. The SMILES string of the molecule is C1CCC(C2CCC[N]C2)CC1. The topological polar surface area (TPSA) is 14.1 Å². The highest BCUT2D eigenvalue weighted by Crippen LogP contribution is 2.33. The van der Waals surface area contributed by atoms with Gasteiger partial charge in [-0.2, -0.15) is 0 Å². The molecule has 0 amide bonds. The van der Waals surface area contributed by atoms with E-state index in [1.54, 1.807) is 0 Å². The summed E-state index contributed by atoms with van der Waals surface area (Å²) in [4.78, 5) is 0. The first-order valence-electron chi connectivity index (χ1n) is 5.60. The third kappa shape index (κ3) is 2.01. The van der Waals surface area contributed by atoms with Gasteiger partial charge < -0.3 is 0 Å². The molecule has 2 aliphatic rings. The lowest BCUT2D eigenvalue weighted by atomic mass is 9.77. The second-order valence-corrected chi connectivity index (χ2v) is 4.43. The molecule has 1 unspecified atom stereocenters. The highest BCUT2D eigenvalue weighted by molar-refractivity contribution is 4.78. The highest BCUT2D eigenvalue weighted by Gasteiger charge is 2.24. The normalized spacial score (nSPS) is 33.5. The highest BCUT2D eigenvalue weighted by atomic mass is 14.9. The van der Waals surface area contributed by atoms with Crippen LogP contribution in [0.25, 0.3) is 0 Å². The molecule has 0 N–H and O–H groups in total. The van der Waals surface area contributed by atoms with E-state index in [9.17, 15) is 0 Å². The Balaban J connectivity index is 1.80. The van der Waals surface area contributed by atoms with Gasteiger partial charge in [-0.25, -0.2) is 5.32 Å². The minimum absolute atomic E-state index is 0.971. The molecule has 1 aliphatic heterocycles. The fourth-order valence-corrected chi connectivity index (χ4v) is 2.80. The zero-order chi connectivity index (χ0) is 8.23. The van der Waals surface area contributed by atoms with Crippen molar-refractivity contribution in [1.29, 1.82) is 0 Å². The number of nitrogens with zero attached hydrogens (tertiary/aromatic N) is 1. The first-order chi connectivity index (χ1) is 5.97. The van der Waals surface area contributed by atoms with Gasteiger partial charge in [-0.3, -0.25) is 0 Å². The predicted molar refractivity (Wildman–Crippen MR) is 51.2 cm³/mol. The molecule has 69 valence electrons. The summed E-state index contributed by atoms with van der Waals surface area (Å²) < 4.78 is 0. The van der Waals surface area contributed by atoms with E-state index in [-0.39, 0.29) is 0 Å². The smallest absolute Gasteiger partial charge is 0.0164 e. The molecule has 0 aromatic rings. The molecular formula is C11H20N. The number of rotatable bonds is 1. The summed E-state index contributed by atoms with van der Waals surface area (Å²) in [5.74, 6) is 2.02. The van der Waals surface area contributed by atoms with E-state index in [0.717, 1.165) is 18.4 Å². The molecule has 1 atom stereocenters. The minimum atomic E-state index is 0.971. The maximum atomic E-state index is 4.53.